The summed E-state index contributed by atoms with van der Waals surface area (Å²) in [5.74, 6) is 0.711. The van der Waals surface area contributed by atoms with E-state index in [1.807, 2.05) is 6.26 Å². The number of thioether (sulfide) groups is 1. The molecule has 0 aliphatic rings. The molecule has 0 aliphatic carbocycles. The van der Waals surface area contributed by atoms with Crippen LogP contribution in [0.2, 0.25) is 5.15 Å². The standard InChI is InChI=1S/C8H10ClN3O2S3/c1-15-4-2-10-17(13,14)7-6(9)11-8-12(7)3-5-16-8/h3,5,10H,2,4H2,1H3. The van der Waals surface area contributed by atoms with E-state index in [1.54, 1.807) is 23.3 Å². The molecule has 5 nitrogen and oxygen atoms in total. The summed E-state index contributed by atoms with van der Waals surface area (Å²) in [7, 11) is -3.60. The molecule has 0 spiro atoms. The molecule has 0 amide bonds. The molecule has 2 rings (SSSR count). The number of nitrogens with one attached hydrogen (secondary N) is 1. The molecule has 2 aromatic heterocycles. The second-order valence-electron chi connectivity index (χ2n) is 3.15. The minimum atomic E-state index is -3.60. The van der Waals surface area contributed by atoms with E-state index in [0.29, 0.717) is 17.3 Å². The summed E-state index contributed by atoms with van der Waals surface area (Å²) in [5.41, 5.74) is 0. The Hall–Kier alpha value is -0.280. The molecule has 0 fully saturated rings. The van der Waals surface area contributed by atoms with E-state index < -0.39 is 10.0 Å². The molecule has 0 radical (unpaired) electrons. The molecule has 9 heteroatoms. The molecule has 0 saturated carbocycles. The Labute approximate surface area is 112 Å². The number of halogens is 1. The maximum atomic E-state index is 12.0. The molecule has 1 N–H and O–H groups in total. The lowest BCUT2D eigenvalue weighted by atomic mass is 10.8. The largest absolute Gasteiger partial charge is 0.279 e. The van der Waals surface area contributed by atoms with Crippen LogP contribution in [0, 0.1) is 0 Å². The van der Waals surface area contributed by atoms with Crippen LogP contribution in [0.15, 0.2) is 16.6 Å². The number of nitrogens with zero attached hydrogens (tertiary/aromatic N) is 2. The first-order valence-corrected chi connectivity index (χ1v) is 8.79. The van der Waals surface area contributed by atoms with Crippen molar-refractivity contribution in [2.24, 2.45) is 0 Å². The van der Waals surface area contributed by atoms with Gasteiger partial charge in [0, 0.05) is 23.9 Å². The molecule has 2 aromatic rings. The Morgan fingerprint density at radius 1 is 1.65 bits per heavy atom. The fourth-order valence-corrected chi connectivity index (χ4v) is 4.24. The van der Waals surface area contributed by atoms with Gasteiger partial charge in [0.25, 0.3) is 10.0 Å². The zero-order chi connectivity index (χ0) is 12.5. The molecular formula is C8H10ClN3O2S3. The quantitative estimate of drug-likeness (QED) is 0.854. The van der Waals surface area contributed by atoms with Crippen LogP contribution in [-0.2, 0) is 10.0 Å². The Balaban J connectivity index is 2.37. The van der Waals surface area contributed by atoms with Gasteiger partial charge in [0.15, 0.2) is 15.1 Å². The van der Waals surface area contributed by atoms with Crippen molar-refractivity contribution < 1.29 is 8.42 Å². The molecule has 0 atom stereocenters. The van der Waals surface area contributed by atoms with Crippen molar-refractivity contribution >= 4 is 49.7 Å². The van der Waals surface area contributed by atoms with Crippen LogP contribution in [-0.4, -0.2) is 36.4 Å². The molecule has 0 unspecified atom stereocenters. The maximum absolute atomic E-state index is 12.0. The van der Waals surface area contributed by atoms with Gasteiger partial charge >= 0.3 is 0 Å². The fraction of sp³-hybridized carbons (Fsp3) is 0.375. The van der Waals surface area contributed by atoms with Crippen LogP contribution in [0.25, 0.3) is 4.96 Å². The van der Waals surface area contributed by atoms with Gasteiger partial charge in [-0.15, -0.1) is 11.3 Å². The number of aromatic nitrogens is 2. The molecule has 17 heavy (non-hydrogen) atoms. The molecule has 0 aliphatic heterocycles. The maximum Gasteiger partial charge on any atom is 0.259 e. The van der Waals surface area contributed by atoms with Gasteiger partial charge < -0.3 is 0 Å². The van der Waals surface area contributed by atoms with Crippen LogP contribution in [0.5, 0.6) is 0 Å². The number of thiazole rings is 1. The summed E-state index contributed by atoms with van der Waals surface area (Å²) >= 11 is 8.76. The lowest BCUT2D eigenvalue weighted by molar-refractivity contribution is 0.579. The number of hydrogen-bond donors (Lipinski definition) is 1. The van der Waals surface area contributed by atoms with Crippen molar-refractivity contribution in [2.75, 3.05) is 18.6 Å². The SMILES string of the molecule is CSCCNS(=O)(=O)c1c(Cl)nc2sccn12. The van der Waals surface area contributed by atoms with Crippen molar-refractivity contribution in [3.8, 4) is 0 Å². The van der Waals surface area contributed by atoms with Gasteiger partial charge in [-0.2, -0.15) is 11.8 Å². The van der Waals surface area contributed by atoms with Gasteiger partial charge in [0.2, 0.25) is 0 Å². The lowest BCUT2D eigenvalue weighted by Crippen LogP contribution is -2.27. The number of fused-ring (bicyclic) bond motifs is 1. The van der Waals surface area contributed by atoms with E-state index >= 15 is 0 Å². The van der Waals surface area contributed by atoms with E-state index in [4.69, 9.17) is 11.6 Å². The monoisotopic (exact) mass is 311 g/mol. The van der Waals surface area contributed by atoms with Gasteiger partial charge in [-0.05, 0) is 6.26 Å². The average molecular weight is 312 g/mol. The molecule has 0 bridgehead atoms. The Bertz CT molecular complexity index is 619. The summed E-state index contributed by atoms with van der Waals surface area (Å²) in [6.07, 6.45) is 3.55. The zero-order valence-electron chi connectivity index (χ0n) is 8.88. The predicted molar refractivity (Wildman–Crippen MR) is 71.6 cm³/mol. The zero-order valence-corrected chi connectivity index (χ0v) is 12.1. The van der Waals surface area contributed by atoms with Gasteiger partial charge in [0.1, 0.15) is 0 Å². The first-order chi connectivity index (χ1) is 8.06. The second kappa shape index (κ2) is 5.15. The first-order valence-electron chi connectivity index (χ1n) is 4.66. The van der Waals surface area contributed by atoms with Gasteiger partial charge in [0.05, 0.1) is 0 Å². The molecule has 0 saturated heterocycles. The topological polar surface area (TPSA) is 63.5 Å². The number of rotatable bonds is 5. The molecule has 94 valence electrons. The van der Waals surface area contributed by atoms with Crippen LogP contribution in [0.4, 0.5) is 0 Å². The number of imidazole rings is 1. The summed E-state index contributed by atoms with van der Waals surface area (Å²) in [6.45, 7) is 0.372. The minimum absolute atomic E-state index is 0.00787. The third kappa shape index (κ3) is 2.60. The van der Waals surface area contributed by atoms with Gasteiger partial charge in [-0.1, -0.05) is 11.6 Å². The smallest absolute Gasteiger partial charge is 0.259 e. The van der Waals surface area contributed by atoms with Crippen molar-refractivity contribution in [3.63, 3.8) is 0 Å². The van der Waals surface area contributed by atoms with Gasteiger partial charge in [-0.25, -0.2) is 18.1 Å². The van der Waals surface area contributed by atoms with Crippen LogP contribution >= 0.6 is 34.7 Å². The highest BCUT2D eigenvalue weighted by Crippen LogP contribution is 2.24. The third-order valence-corrected chi connectivity index (χ3v) is 5.26. The van der Waals surface area contributed by atoms with E-state index in [-0.39, 0.29) is 10.2 Å². The Morgan fingerprint density at radius 3 is 3.12 bits per heavy atom. The Kier molecular flexibility index (Phi) is 3.99. The van der Waals surface area contributed by atoms with Crippen molar-refractivity contribution in [1.82, 2.24) is 14.1 Å². The van der Waals surface area contributed by atoms with Gasteiger partial charge in [-0.3, -0.25) is 4.40 Å². The second-order valence-corrected chi connectivity index (χ2v) is 7.05. The van der Waals surface area contributed by atoms with E-state index in [9.17, 15) is 8.42 Å². The lowest BCUT2D eigenvalue weighted by Gasteiger charge is -2.04. The van der Waals surface area contributed by atoms with Crippen molar-refractivity contribution in [2.45, 2.75) is 5.03 Å². The highest BCUT2D eigenvalue weighted by Gasteiger charge is 2.24. The number of sulfonamides is 1. The van der Waals surface area contributed by atoms with Crippen molar-refractivity contribution in [1.29, 1.82) is 0 Å². The van der Waals surface area contributed by atoms with Crippen LogP contribution in [0.1, 0.15) is 0 Å². The summed E-state index contributed by atoms with van der Waals surface area (Å²) in [5, 5.41) is 1.78. The third-order valence-electron chi connectivity index (χ3n) is 2.03. The van der Waals surface area contributed by atoms with E-state index in [1.165, 1.54) is 15.7 Å². The number of hydrogen-bond acceptors (Lipinski definition) is 5. The summed E-state index contributed by atoms with van der Waals surface area (Å²) < 4.78 is 28.1. The highest BCUT2D eigenvalue weighted by molar-refractivity contribution is 7.98. The molecule has 0 aromatic carbocycles. The van der Waals surface area contributed by atoms with Crippen molar-refractivity contribution in [3.05, 3.63) is 16.7 Å². The summed E-state index contributed by atoms with van der Waals surface area (Å²) in [6, 6.07) is 0. The van der Waals surface area contributed by atoms with E-state index in [0.717, 1.165) is 0 Å². The predicted octanol–water partition coefficient (Wildman–Crippen LogP) is 1.69. The van der Waals surface area contributed by atoms with E-state index in [2.05, 4.69) is 9.71 Å². The molecule has 2 heterocycles. The molecular weight excluding hydrogens is 302 g/mol. The normalized spacial score (nSPS) is 12.4. The summed E-state index contributed by atoms with van der Waals surface area (Å²) in [4.78, 5) is 4.56. The van der Waals surface area contributed by atoms with Crippen LogP contribution in [0.3, 0.4) is 0 Å². The first kappa shape index (κ1) is 13.2. The van der Waals surface area contributed by atoms with Crippen LogP contribution < -0.4 is 4.72 Å². The fourth-order valence-electron chi connectivity index (χ4n) is 1.33. The average Bonchev–Trinajstić information content (AvgIpc) is 2.76. The highest BCUT2D eigenvalue weighted by atomic mass is 35.5. The Morgan fingerprint density at radius 2 is 2.41 bits per heavy atom. The minimum Gasteiger partial charge on any atom is -0.279 e.